The van der Waals surface area contributed by atoms with Crippen LogP contribution in [-0.2, 0) is 9.09 Å². The normalized spacial score (nSPS) is 16.9. The van der Waals surface area contributed by atoms with Crippen molar-refractivity contribution < 1.29 is 45.2 Å². The molecule has 1 unspecified atom stereocenters. The number of hydrogen-bond donors (Lipinski definition) is 2. The van der Waals surface area contributed by atoms with Crippen molar-refractivity contribution in [1.29, 1.82) is 0 Å². The summed E-state index contributed by atoms with van der Waals surface area (Å²) < 4.78 is 82.1. The highest BCUT2D eigenvalue weighted by Crippen LogP contribution is 2.46. The van der Waals surface area contributed by atoms with Crippen molar-refractivity contribution in [2.45, 2.75) is 18.5 Å². The third kappa shape index (κ3) is 3.45. The van der Waals surface area contributed by atoms with Crippen molar-refractivity contribution in [2.24, 2.45) is 0 Å². The molecule has 86 valence electrons. The monoisotopic (exact) mass is 248 g/mol. The van der Waals surface area contributed by atoms with Crippen LogP contribution < -0.4 is 0 Å². The summed E-state index contributed by atoms with van der Waals surface area (Å²) in [5, 5.41) is 0. The quantitative estimate of drug-likeness (QED) is 0.587. The van der Waals surface area contributed by atoms with Crippen LogP contribution in [-0.4, -0.2) is 28.2 Å². The Morgan fingerprint density at radius 3 is 1.71 bits per heavy atom. The minimum atomic E-state index is -6.29. The van der Waals surface area contributed by atoms with Gasteiger partial charge in [0.25, 0.3) is 6.36 Å². The number of phosphoric ester groups is 1. The minimum absolute atomic E-state index is 2.56. The highest BCUT2D eigenvalue weighted by atomic mass is 31.2. The van der Waals surface area contributed by atoms with Crippen LogP contribution in [0.4, 0.5) is 26.3 Å². The van der Waals surface area contributed by atoms with Crippen LogP contribution in [0.15, 0.2) is 0 Å². The predicted octanol–water partition coefficient (Wildman–Crippen LogP) is 1.59. The van der Waals surface area contributed by atoms with Crippen molar-refractivity contribution in [3.05, 3.63) is 0 Å². The van der Waals surface area contributed by atoms with Gasteiger partial charge in [-0.15, -0.1) is 0 Å². The molecule has 0 saturated carbocycles. The Hall–Kier alpha value is -0.310. The second-order valence-corrected chi connectivity index (χ2v) is 3.22. The van der Waals surface area contributed by atoms with Crippen LogP contribution in [0.3, 0.4) is 0 Å². The van der Waals surface area contributed by atoms with Gasteiger partial charge in [0.05, 0.1) is 0 Å². The Morgan fingerprint density at radius 2 is 1.50 bits per heavy atom. The molecule has 0 aliphatic rings. The Morgan fingerprint density at radius 1 is 1.14 bits per heavy atom. The highest BCUT2D eigenvalue weighted by molar-refractivity contribution is 7.46. The summed E-state index contributed by atoms with van der Waals surface area (Å²) in [6.45, 7) is 0. The van der Waals surface area contributed by atoms with E-state index in [4.69, 9.17) is 9.79 Å². The SMILES string of the molecule is O=P(O)(O)OC(F)C(F)(F)C(F)(F)F. The first-order valence-electron chi connectivity index (χ1n) is 2.70. The van der Waals surface area contributed by atoms with E-state index in [0.29, 0.717) is 0 Å². The van der Waals surface area contributed by atoms with Crippen molar-refractivity contribution in [3.63, 3.8) is 0 Å². The van der Waals surface area contributed by atoms with Crippen molar-refractivity contribution >= 4 is 7.82 Å². The summed E-state index contributed by atoms with van der Waals surface area (Å²) in [6.07, 6.45) is -10.7. The van der Waals surface area contributed by atoms with Crippen LogP contribution in [0.25, 0.3) is 0 Å². The summed E-state index contributed by atoms with van der Waals surface area (Å²) in [5.74, 6) is -5.98. The lowest BCUT2D eigenvalue weighted by molar-refractivity contribution is -0.329. The molecule has 0 saturated heterocycles. The van der Waals surface area contributed by atoms with E-state index in [-0.39, 0.29) is 0 Å². The maximum atomic E-state index is 12.0. The van der Waals surface area contributed by atoms with E-state index in [9.17, 15) is 30.9 Å². The minimum Gasteiger partial charge on any atom is -0.303 e. The maximum Gasteiger partial charge on any atom is 0.472 e. The second-order valence-electron chi connectivity index (χ2n) is 2.03. The zero-order valence-electron chi connectivity index (χ0n) is 6.00. The van der Waals surface area contributed by atoms with E-state index in [0.717, 1.165) is 0 Å². The van der Waals surface area contributed by atoms with E-state index < -0.39 is 26.3 Å². The third-order valence-electron chi connectivity index (χ3n) is 0.893. The summed E-state index contributed by atoms with van der Waals surface area (Å²) in [4.78, 5) is 15.5. The van der Waals surface area contributed by atoms with E-state index in [2.05, 4.69) is 4.52 Å². The molecule has 0 aliphatic carbocycles. The molecular weight excluding hydrogens is 245 g/mol. The fraction of sp³-hybridized carbons (Fsp3) is 1.00. The molecule has 0 aromatic rings. The smallest absolute Gasteiger partial charge is 0.303 e. The third-order valence-corrected chi connectivity index (χ3v) is 1.35. The molecule has 2 N–H and O–H groups in total. The van der Waals surface area contributed by atoms with Gasteiger partial charge in [0.15, 0.2) is 0 Å². The fourth-order valence-corrected chi connectivity index (χ4v) is 0.689. The van der Waals surface area contributed by atoms with Gasteiger partial charge in [0, 0.05) is 0 Å². The second kappa shape index (κ2) is 3.69. The molecule has 14 heavy (non-hydrogen) atoms. The summed E-state index contributed by atoms with van der Waals surface area (Å²) in [5.41, 5.74) is 0. The molecule has 0 spiro atoms. The van der Waals surface area contributed by atoms with Crippen LogP contribution in [0, 0.1) is 0 Å². The first-order chi connectivity index (χ1) is 5.88. The van der Waals surface area contributed by atoms with Gasteiger partial charge in [-0.2, -0.15) is 22.0 Å². The molecule has 0 amide bonds. The zero-order valence-corrected chi connectivity index (χ0v) is 6.90. The summed E-state index contributed by atoms with van der Waals surface area (Å²) >= 11 is 0. The van der Waals surface area contributed by atoms with Gasteiger partial charge in [0.2, 0.25) is 0 Å². The molecule has 0 fully saturated rings. The van der Waals surface area contributed by atoms with Gasteiger partial charge >= 0.3 is 19.9 Å². The van der Waals surface area contributed by atoms with Gasteiger partial charge in [-0.3, -0.25) is 0 Å². The Kier molecular flexibility index (Phi) is 3.60. The molecule has 0 heterocycles. The van der Waals surface area contributed by atoms with Crippen molar-refractivity contribution in [2.75, 3.05) is 0 Å². The topological polar surface area (TPSA) is 66.8 Å². The number of alkyl halides is 6. The molecule has 0 rings (SSSR count). The van der Waals surface area contributed by atoms with E-state index in [1.165, 1.54) is 0 Å². The van der Waals surface area contributed by atoms with Crippen LogP contribution in [0.2, 0.25) is 0 Å². The van der Waals surface area contributed by atoms with Gasteiger partial charge in [-0.05, 0) is 0 Å². The summed E-state index contributed by atoms with van der Waals surface area (Å²) in [6, 6.07) is 0. The summed E-state index contributed by atoms with van der Waals surface area (Å²) in [7, 11) is -5.74. The van der Waals surface area contributed by atoms with Crippen LogP contribution in [0.1, 0.15) is 0 Å². The average molecular weight is 248 g/mol. The number of hydrogen-bond acceptors (Lipinski definition) is 2. The standard InChI is InChI=1S/C3H3F6O4P/c4-1(13-14(10,11)12)2(5,6)3(7,8)9/h1H,(H2,10,11,12). The van der Waals surface area contributed by atoms with Gasteiger partial charge < -0.3 is 9.79 Å². The Labute approximate surface area is 72.7 Å². The zero-order chi connectivity index (χ0) is 11.8. The Balaban J connectivity index is 4.69. The molecule has 0 bridgehead atoms. The lowest BCUT2D eigenvalue weighted by atomic mass is 10.3. The molecule has 0 aliphatic heterocycles. The van der Waals surface area contributed by atoms with E-state index >= 15 is 0 Å². The van der Waals surface area contributed by atoms with E-state index in [1.54, 1.807) is 0 Å². The molecule has 4 nitrogen and oxygen atoms in total. The Bertz CT molecular complexity index is 244. The average Bonchev–Trinajstić information content (AvgIpc) is 1.80. The number of phosphoric acid groups is 1. The highest BCUT2D eigenvalue weighted by Gasteiger charge is 2.65. The first kappa shape index (κ1) is 13.7. The molecule has 0 aromatic heterocycles. The van der Waals surface area contributed by atoms with E-state index in [1.807, 2.05) is 0 Å². The lowest BCUT2D eigenvalue weighted by Crippen LogP contribution is -2.45. The number of rotatable bonds is 3. The number of halogens is 6. The molecule has 0 aromatic carbocycles. The van der Waals surface area contributed by atoms with Gasteiger partial charge in [0.1, 0.15) is 0 Å². The molecular formula is C3H3F6O4P. The van der Waals surface area contributed by atoms with Crippen molar-refractivity contribution in [1.82, 2.24) is 0 Å². The van der Waals surface area contributed by atoms with Crippen LogP contribution in [0.5, 0.6) is 0 Å². The first-order valence-corrected chi connectivity index (χ1v) is 4.23. The van der Waals surface area contributed by atoms with Gasteiger partial charge in [-0.25, -0.2) is 13.5 Å². The van der Waals surface area contributed by atoms with Crippen LogP contribution >= 0.6 is 7.82 Å². The largest absolute Gasteiger partial charge is 0.472 e. The molecule has 11 heteroatoms. The van der Waals surface area contributed by atoms with Crippen molar-refractivity contribution in [3.8, 4) is 0 Å². The predicted molar refractivity (Wildman–Crippen MR) is 29.0 cm³/mol. The maximum absolute atomic E-state index is 12.0. The molecule has 1 atom stereocenters. The molecule has 0 radical (unpaired) electrons. The van der Waals surface area contributed by atoms with Gasteiger partial charge in [-0.1, -0.05) is 0 Å². The fourth-order valence-electron chi connectivity index (χ4n) is 0.315. The lowest BCUT2D eigenvalue weighted by Gasteiger charge is -2.22.